The lowest BCUT2D eigenvalue weighted by Gasteiger charge is -2.06. The van der Waals surface area contributed by atoms with Gasteiger partial charge in [0.05, 0.1) is 6.54 Å². The summed E-state index contributed by atoms with van der Waals surface area (Å²) < 4.78 is 1.46. The Morgan fingerprint density at radius 3 is 2.23 bits per heavy atom. The van der Waals surface area contributed by atoms with Gasteiger partial charge in [-0.2, -0.15) is 0 Å². The number of hydrogen-bond donors (Lipinski definition) is 2. The second-order valence-corrected chi connectivity index (χ2v) is 4.91. The third-order valence-electron chi connectivity index (χ3n) is 3.40. The first-order chi connectivity index (χ1) is 10.6. The number of carbonyl (C=O) groups is 1. The van der Waals surface area contributed by atoms with Crippen LogP contribution in [0.5, 0.6) is 0 Å². The number of carbonyl (C=O) groups excluding carboxylic acids is 1. The third kappa shape index (κ3) is 2.67. The van der Waals surface area contributed by atoms with Gasteiger partial charge in [0, 0.05) is 0 Å². The number of anilines is 1. The van der Waals surface area contributed by atoms with E-state index in [0.717, 1.165) is 16.7 Å². The average Bonchev–Trinajstić information content (AvgIpc) is 2.90. The van der Waals surface area contributed by atoms with Gasteiger partial charge in [-0.25, -0.2) is 4.68 Å². The van der Waals surface area contributed by atoms with E-state index in [1.807, 2.05) is 42.5 Å². The summed E-state index contributed by atoms with van der Waals surface area (Å²) in [6, 6.07) is 18.2. The zero-order valence-corrected chi connectivity index (χ0v) is 11.8. The molecule has 1 aromatic heterocycles. The first-order valence-electron chi connectivity index (χ1n) is 6.78. The Morgan fingerprint density at radius 2 is 1.64 bits per heavy atom. The van der Waals surface area contributed by atoms with Crippen molar-refractivity contribution >= 4 is 11.7 Å². The number of nitrogens with two attached hydrogens (primary N) is 2. The highest BCUT2D eigenvalue weighted by Crippen LogP contribution is 2.20. The normalized spacial score (nSPS) is 10.5. The number of nitrogen functional groups attached to an aromatic ring is 1. The predicted octanol–water partition coefficient (Wildman–Crippen LogP) is 1.67. The van der Waals surface area contributed by atoms with Crippen molar-refractivity contribution in [3.8, 4) is 11.1 Å². The largest absolute Gasteiger partial charge is 0.382 e. The van der Waals surface area contributed by atoms with Gasteiger partial charge in [0.25, 0.3) is 5.91 Å². The highest BCUT2D eigenvalue weighted by atomic mass is 16.1. The van der Waals surface area contributed by atoms with E-state index in [1.54, 1.807) is 0 Å². The molecule has 0 radical (unpaired) electrons. The fourth-order valence-corrected chi connectivity index (χ4v) is 2.22. The van der Waals surface area contributed by atoms with Gasteiger partial charge in [0.2, 0.25) is 0 Å². The molecule has 0 aliphatic rings. The lowest BCUT2D eigenvalue weighted by atomic mass is 10.0. The van der Waals surface area contributed by atoms with Crippen molar-refractivity contribution in [3.05, 3.63) is 65.9 Å². The maximum absolute atomic E-state index is 11.1. The zero-order chi connectivity index (χ0) is 15.5. The molecule has 3 aromatic rings. The Kier molecular flexibility index (Phi) is 3.57. The maximum Gasteiger partial charge on any atom is 0.273 e. The van der Waals surface area contributed by atoms with Gasteiger partial charge in [0.1, 0.15) is 0 Å². The van der Waals surface area contributed by atoms with Crippen LogP contribution in [0, 0.1) is 0 Å². The minimum Gasteiger partial charge on any atom is -0.382 e. The smallest absolute Gasteiger partial charge is 0.273 e. The topological polar surface area (TPSA) is 99.8 Å². The predicted molar refractivity (Wildman–Crippen MR) is 83.9 cm³/mol. The minimum absolute atomic E-state index is 0.000839. The van der Waals surface area contributed by atoms with Crippen LogP contribution in [0.4, 0.5) is 5.82 Å². The Balaban J connectivity index is 1.81. The quantitative estimate of drug-likeness (QED) is 0.764. The van der Waals surface area contributed by atoms with Crippen LogP contribution in [0.3, 0.4) is 0 Å². The van der Waals surface area contributed by atoms with Crippen LogP contribution in [0.2, 0.25) is 0 Å². The van der Waals surface area contributed by atoms with Gasteiger partial charge in [0.15, 0.2) is 11.5 Å². The Hall–Kier alpha value is -3.15. The monoisotopic (exact) mass is 293 g/mol. The molecule has 1 amide bonds. The van der Waals surface area contributed by atoms with Gasteiger partial charge >= 0.3 is 0 Å². The van der Waals surface area contributed by atoms with E-state index >= 15 is 0 Å². The number of primary amides is 1. The number of amides is 1. The van der Waals surface area contributed by atoms with Crippen LogP contribution in [0.25, 0.3) is 11.1 Å². The molecule has 6 heteroatoms. The molecule has 1 heterocycles. The second-order valence-electron chi connectivity index (χ2n) is 4.91. The van der Waals surface area contributed by atoms with Gasteiger partial charge in [-0.15, -0.1) is 5.10 Å². The molecule has 110 valence electrons. The number of nitrogens with zero attached hydrogens (tertiary/aromatic N) is 3. The highest BCUT2D eigenvalue weighted by molar-refractivity contribution is 5.94. The van der Waals surface area contributed by atoms with E-state index in [9.17, 15) is 4.79 Å². The summed E-state index contributed by atoms with van der Waals surface area (Å²) in [4.78, 5) is 11.1. The molecule has 0 aliphatic heterocycles. The molecule has 0 fully saturated rings. The number of hydrogen-bond acceptors (Lipinski definition) is 4. The van der Waals surface area contributed by atoms with Gasteiger partial charge in [-0.05, 0) is 16.7 Å². The molecule has 0 spiro atoms. The van der Waals surface area contributed by atoms with Crippen molar-refractivity contribution < 1.29 is 4.79 Å². The molecule has 6 nitrogen and oxygen atoms in total. The van der Waals surface area contributed by atoms with Crippen molar-refractivity contribution in [1.82, 2.24) is 15.0 Å². The summed E-state index contributed by atoms with van der Waals surface area (Å²) in [5.74, 6) is -0.497. The average molecular weight is 293 g/mol. The molecule has 4 N–H and O–H groups in total. The standard InChI is InChI=1S/C16H15N5O/c17-15-14(16(18)22)19-20-21(15)10-11-6-8-13(9-7-11)12-4-2-1-3-5-12/h1-9H,10,17H2,(H2,18,22). The first kappa shape index (κ1) is 13.8. The van der Waals surface area contributed by atoms with E-state index in [2.05, 4.69) is 22.4 Å². The van der Waals surface area contributed by atoms with Crippen LogP contribution in [-0.2, 0) is 6.54 Å². The maximum atomic E-state index is 11.1. The van der Waals surface area contributed by atoms with E-state index in [1.165, 1.54) is 4.68 Å². The Bertz CT molecular complexity index is 793. The molecular weight excluding hydrogens is 278 g/mol. The zero-order valence-electron chi connectivity index (χ0n) is 11.8. The Morgan fingerprint density at radius 1 is 1.00 bits per heavy atom. The molecule has 3 rings (SSSR count). The molecule has 0 atom stereocenters. The van der Waals surface area contributed by atoms with Crippen LogP contribution in [-0.4, -0.2) is 20.9 Å². The van der Waals surface area contributed by atoms with Crippen molar-refractivity contribution in [3.63, 3.8) is 0 Å². The Labute approximate surface area is 127 Å². The van der Waals surface area contributed by atoms with Gasteiger partial charge < -0.3 is 11.5 Å². The summed E-state index contributed by atoms with van der Waals surface area (Å²) in [6.07, 6.45) is 0. The molecule has 0 unspecified atom stereocenters. The summed E-state index contributed by atoms with van der Waals surface area (Å²) in [7, 11) is 0. The summed E-state index contributed by atoms with van der Waals surface area (Å²) >= 11 is 0. The molecule has 0 saturated carbocycles. The number of aromatic nitrogens is 3. The lowest BCUT2D eigenvalue weighted by Crippen LogP contribution is -2.14. The number of rotatable bonds is 4. The SMILES string of the molecule is NC(=O)c1nnn(Cc2ccc(-c3ccccc3)cc2)c1N. The van der Waals surface area contributed by atoms with Crippen LogP contribution >= 0.6 is 0 Å². The highest BCUT2D eigenvalue weighted by Gasteiger charge is 2.14. The third-order valence-corrected chi connectivity index (χ3v) is 3.40. The van der Waals surface area contributed by atoms with Crippen molar-refractivity contribution in [2.24, 2.45) is 5.73 Å². The molecule has 0 saturated heterocycles. The van der Waals surface area contributed by atoms with Crippen LogP contribution < -0.4 is 11.5 Å². The molecule has 2 aromatic carbocycles. The summed E-state index contributed by atoms with van der Waals surface area (Å²) in [5.41, 5.74) is 14.3. The van der Waals surface area contributed by atoms with Gasteiger partial charge in [-0.3, -0.25) is 4.79 Å². The summed E-state index contributed by atoms with van der Waals surface area (Å²) in [6.45, 7) is 0.432. The summed E-state index contributed by atoms with van der Waals surface area (Å²) in [5, 5.41) is 7.54. The minimum atomic E-state index is -0.678. The van der Waals surface area contributed by atoms with Crippen molar-refractivity contribution in [2.75, 3.05) is 5.73 Å². The molecular formula is C16H15N5O. The van der Waals surface area contributed by atoms with Crippen molar-refractivity contribution in [2.45, 2.75) is 6.54 Å². The van der Waals surface area contributed by atoms with Crippen molar-refractivity contribution in [1.29, 1.82) is 0 Å². The van der Waals surface area contributed by atoms with Gasteiger partial charge in [-0.1, -0.05) is 59.8 Å². The van der Waals surface area contributed by atoms with E-state index in [4.69, 9.17) is 11.5 Å². The number of benzene rings is 2. The molecule has 22 heavy (non-hydrogen) atoms. The molecule has 0 bridgehead atoms. The molecule has 0 aliphatic carbocycles. The van der Waals surface area contributed by atoms with Crippen LogP contribution in [0.15, 0.2) is 54.6 Å². The second kappa shape index (κ2) is 5.69. The fourth-order valence-electron chi connectivity index (χ4n) is 2.22. The van der Waals surface area contributed by atoms with E-state index in [-0.39, 0.29) is 11.5 Å². The fraction of sp³-hybridized carbons (Fsp3) is 0.0625. The first-order valence-corrected chi connectivity index (χ1v) is 6.78. The van der Waals surface area contributed by atoms with E-state index in [0.29, 0.717) is 6.54 Å². The van der Waals surface area contributed by atoms with E-state index < -0.39 is 5.91 Å². The lowest BCUT2D eigenvalue weighted by molar-refractivity contribution is 0.0996. The van der Waals surface area contributed by atoms with Crippen LogP contribution in [0.1, 0.15) is 16.1 Å².